The van der Waals surface area contributed by atoms with Crippen molar-refractivity contribution in [3.8, 4) is 6.07 Å². The molecule has 0 aliphatic heterocycles. The Morgan fingerprint density at radius 2 is 2.05 bits per heavy atom. The van der Waals surface area contributed by atoms with Crippen LogP contribution < -0.4 is 5.32 Å². The Kier molecular flexibility index (Phi) is 5.62. The Morgan fingerprint density at radius 1 is 1.42 bits per heavy atom. The van der Waals surface area contributed by atoms with Crippen LogP contribution in [0.4, 0.5) is 0 Å². The third kappa shape index (κ3) is 5.26. The van der Waals surface area contributed by atoms with Crippen molar-refractivity contribution in [2.75, 3.05) is 7.05 Å². The van der Waals surface area contributed by atoms with Gasteiger partial charge in [0.1, 0.15) is 11.6 Å². The predicted octanol–water partition coefficient (Wildman–Crippen LogP) is 2.05. The molecule has 0 spiro atoms. The highest BCUT2D eigenvalue weighted by Crippen LogP contribution is 2.05. The summed E-state index contributed by atoms with van der Waals surface area (Å²) in [7, 11) is 1.84. The van der Waals surface area contributed by atoms with E-state index in [2.05, 4.69) is 5.32 Å². The Bertz CT molecular complexity index is 486. The van der Waals surface area contributed by atoms with Crippen molar-refractivity contribution in [2.24, 2.45) is 0 Å². The van der Waals surface area contributed by atoms with E-state index in [0.717, 1.165) is 5.56 Å². The number of carbonyl (C=O) groups excluding carboxylic acids is 1. The highest BCUT2D eigenvalue weighted by Gasteiger charge is 2.10. The van der Waals surface area contributed by atoms with Crippen LogP contribution in [-0.2, 0) is 11.3 Å². The van der Waals surface area contributed by atoms with Gasteiger partial charge in [-0.05, 0) is 19.4 Å². The minimum atomic E-state index is -0.336. The molecule has 0 bridgehead atoms. The lowest BCUT2D eigenvalue weighted by Gasteiger charge is -2.15. The van der Waals surface area contributed by atoms with Crippen LogP contribution in [0.2, 0.25) is 0 Å². The van der Waals surface area contributed by atoms with E-state index in [9.17, 15) is 4.79 Å². The standard InChI is InChI=1S/C15H19N3O/c1-12(2)17-15(19)14(9-16)11-18(3)10-13-7-5-4-6-8-13/h4-8,11-12H,10H2,1-3H3,(H,17,19)/b14-11-. The van der Waals surface area contributed by atoms with Gasteiger partial charge in [-0.3, -0.25) is 4.79 Å². The minimum absolute atomic E-state index is 0.0173. The van der Waals surface area contributed by atoms with Crippen LogP contribution in [-0.4, -0.2) is 23.9 Å². The second-order valence-corrected chi connectivity index (χ2v) is 4.68. The quantitative estimate of drug-likeness (QED) is 0.649. The van der Waals surface area contributed by atoms with Crippen molar-refractivity contribution >= 4 is 5.91 Å². The van der Waals surface area contributed by atoms with Crippen LogP contribution in [0, 0.1) is 11.3 Å². The second-order valence-electron chi connectivity index (χ2n) is 4.68. The highest BCUT2D eigenvalue weighted by atomic mass is 16.1. The summed E-state index contributed by atoms with van der Waals surface area (Å²) in [4.78, 5) is 13.6. The number of amides is 1. The number of carbonyl (C=O) groups is 1. The first kappa shape index (κ1) is 14.8. The lowest BCUT2D eigenvalue weighted by Crippen LogP contribution is -2.31. The average Bonchev–Trinajstić information content (AvgIpc) is 2.36. The summed E-state index contributed by atoms with van der Waals surface area (Å²) in [6.07, 6.45) is 1.57. The van der Waals surface area contributed by atoms with Gasteiger partial charge >= 0.3 is 0 Å². The molecule has 0 aliphatic rings. The van der Waals surface area contributed by atoms with E-state index < -0.39 is 0 Å². The number of nitrogens with zero attached hydrogens (tertiary/aromatic N) is 2. The Hall–Kier alpha value is -2.28. The van der Waals surface area contributed by atoms with Crippen LogP contribution in [0.3, 0.4) is 0 Å². The Morgan fingerprint density at radius 3 is 2.58 bits per heavy atom. The van der Waals surface area contributed by atoms with E-state index in [4.69, 9.17) is 5.26 Å². The summed E-state index contributed by atoms with van der Waals surface area (Å²) in [5, 5.41) is 11.7. The monoisotopic (exact) mass is 257 g/mol. The Labute approximate surface area is 114 Å². The van der Waals surface area contributed by atoms with E-state index in [1.807, 2.05) is 62.2 Å². The van der Waals surface area contributed by atoms with E-state index in [0.29, 0.717) is 6.54 Å². The molecule has 4 heteroatoms. The first-order valence-electron chi connectivity index (χ1n) is 6.20. The van der Waals surface area contributed by atoms with Gasteiger partial charge in [0.15, 0.2) is 0 Å². The molecule has 0 heterocycles. The van der Waals surface area contributed by atoms with Gasteiger partial charge in [0.05, 0.1) is 0 Å². The number of nitriles is 1. The van der Waals surface area contributed by atoms with Gasteiger partial charge in [0.2, 0.25) is 0 Å². The number of hydrogen-bond acceptors (Lipinski definition) is 3. The molecule has 0 aliphatic carbocycles. The largest absolute Gasteiger partial charge is 0.375 e. The normalized spacial score (nSPS) is 11.0. The van der Waals surface area contributed by atoms with E-state index >= 15 is 0 Å². The average molecular weight is 257 g/mol. The molecule has 0 unspecified atom stereocenters. The minimum Gasteiger partial charge on any atom is -0.375 e. The summed E-state index contributed by atoms with van der Waals surface area (Å²) in [5.74, 6) is -0.336. The van der Waals surface area contributed by atoms with Gasteiger partial charge in [0.25, 0.3) is 5.91 Å². The number of hydrogen-bond donors (Lipinski definition) is 1. The molecule has 1 aromatic rings. The maximum Gasteiger partial charge on any atom is 0.263 e. The number of benzene rings is 1. The van der Waals surface area contributed by atoms with Gasteiger partial charge in [-0.2, -0.15) is 5.26 Å². The van der Waals surface area contributed by atoms with E-state index in [-0.39, 0.29) is 17.5 Å². The molecule has 0 aromatic heterocycles. The summed E-state index contributed by atoms with van der Waals surface area (Å²) < 4.78 is 0. The molecule has 100 valence electrons. The molecule has 0 atom stereocenters. The SMILES string of the molecule is CC(C)NC(=O)/C(C#N)=C\N(C)Cc1ccccc1. The fraction of sp³-hybridized carbons (Fsp3) is 0.333. The summed E-state index contributed by atoms with van der Waals surface area (Å²) in [5.41, 5.74) is 1.25. The molecule has 0 fully saturated rings. The van der Waals surface area contributed by atoms with Crippen LogP contribution in [0.1, 0.15) is 19.4 Å². The van der Waals surface area contributed by atoms with Gasteiger partial charge in [-0.25, -0.2) is 0 Å². The maximum absolute atomic E-state index is 11.7. The molecule has 1 amide bonds. The molecule has 1 N–H and O–H groups in total. The maximum atomic E-state index is 11.7. The van der Waals surface area contributed by atoms with Crippen LogP contribution in [0.15, 0.2) is 42.1 Å². The first-order valence-corrected chi connectivity index (χ1v) is 6.20. The van der Waals surface area contributed by atoms with E-state index in [1.54, 1.807) is 6.20 Å². The van der Waals surface area contributed by atoms with Crippen LogP contribution >= 0.6 is 0 Å². The summed E-state index contributed by atoms with van der Waals surface area (Å²) >= 11 is 0. The summed E-state index contributed by atoms with van der Waals surface area (Å²) in [6.45, 7) is 4.38. The van der Waals surface area contributed by atoms with Gasteiger partial charge in [0, 0.05) is 25.8 Å². The van der Waals surface area contributed by atoms with Crippen LogP contribution in [0.5, 0.6) is 0 Å². The molecular weight excluding hydrogens is 238 g/mol. The zero-order chi connectivity index (χ0) is 14.3. The van der Waals surface area contributed by atoms with Gasteiger partial charge < -0.3 is 10.2 Å². The lowest BCUT2D eigenvalue weighted by molar-refractivity contribution is -0.117. The molecule has 1 rings (SSSR count). The van der Waals surface area contributed by atoms with Crippen molar-refractivity contribution < 1.29 is 4.79 Å². The van der Waals surface area contributed by atoms with Crippen molar-refractivity contribution in [2.45, 2.75) is 26.4 Å². The topological polar surface area (TPSA) is 56.1 Å². The predicted molar refractivity (Wildman–Crippen MR) is 74.9 cm³/mol. The van der Waals surface area contributed by atoms with E-state index in [1.165, 1.54) is 0 Å². The van der Waals surface area contributed by atoms with Gasteiger partial charge in [-0.15, -0.1) is 0 Å². The zero-order valence-electron chi connectivity index (χ0n) is 11.6. The molecule has 0 saturated carbocycles. The smallest absolute Gasteiger partial charge is 0.263 e. The van der Waals surface area contributed by atoms with Gasteiger partial charge in [-0.1, -0.05) is 30.3 Å². The molecule has 19 heavy (non-hydrogen) atoms. The molecule has 4 nitrogen and oxygen atoms in total. The second kappa shape index (κ2) is 7.22. The molecule has 0 saturated heterocycles. The Balaban J connectivity index is 2.70. The molecular formula is C15H19N3O. The van der Waals surface area contributed by atoms with Crippen molar-refractivity contribution in [1.82, 2.24) is 10.2 Å². The van der Waals surface area contributed by atoms with Crippen molar-refractivity contribution in [3.63, 3.8) is 0 Å². The van der Waals surface area contributed by atoms with Crippen molar-refractivity contribution in [3.05, 3.63) is 47.7 Å². The molecule has 1 aromatic carbocycles. The first-order chi connectivity index (χ1) is 9.02. The van der Waals surface area contributed by atoms with Crippen molar-refractivity contribution in [1.29, 1.82) is 5.26 Å². The highest BCUT2D eigenvalue weighted by molar-refractivity contribution is 5.97. The number of rotatable bonds is 5. The fourth-order valence-corrected chi connectivity index (χ4v) is 1.62. The van der Waals surface area contributed by atoms with Crippen LogP contribution in [0.25, 0.3) is 0 Å². The molecule has 0 radical (unpaired) electrons. The fourth-order valence-electron chi connectivity index (χ4n) is 1.62. The third-order valence-electron chi connectivity index (χ3n) is 2.41. The summed E-state index contributed by atoms with van der Waals surface area (Å²) in [6, 6.07) is 11.8. The zero-order valence-corrected chi connectivity index (χ0v) is 11.6. The number of nitrogens with one attached hydrogen (secondary N) is 1. The third-order valence-corrected chi connectivity index (χ3v) is 2.41. The lowest BCUT2D eigenvalue weighted by atomic mass is 10.2.